The fraction of sp³-hybridized carbons (Fsp3) is 0.636. The Kier molecular flexibility index (Phi) is 3.24. The van der Waals surface area contributed by atoms with E-state index >= 15 is 0 Å². The van der Waals surface area contributed by atoms with E-state index in [4.69, 9.17) is 0 Å². The van der Waals surface area contributed by atoms with Crippen LogP contribution in [0.1, 0.15) is 18.5 Å². The number of hydrogen-bond donors (Lipinski definition) is 0. The number of hydrogen-bond acceptors (Lipinski definition) is 3. The molecule has 0 spiro atoms. The molecule has 1 fully saturated rings. The average Bonchev–Trinajstić information content (AvgIpc) is 2.16. The average molecular weight is 270 g/mol. The van der Waals surface area contributed by atoms with Crippen LogP contribution < -0.4 is 4.90 Å². The Balaban J connectivity index is 1.96. The van der Waals surface area contributed by atoms with E-state index < -0.39 is 0 Å². The second-order valence-electron chi connectivity index (χ2n) is 4.28. The van der Waals surface area contributed by atoms with Gasteiger partial charge in [-0.3, -0.25) is 4.98 Å². The molecule has 1 aromatic heterocycles. The predicted molar refractivity (Wildman–Crippen MR) is 65.5 cm³/mol. The minimum atomic E-state index is 0.735. The Labute approximate surface area is 99.0 Å². The van der Waals surface area contributed by atoms with Crippen molar-refractivity contribution < 1.29 is 0 Å². The lowest BCUT2D eigenvalue weighted by molar-refractivity contribution is 0.338. The van der Waals surface area contributed by atoms with Crippen molar-refractivity contribution in [1.29, 1.82) is 0 Å². The van der Waals surface area contributed by atoms with Gasteiger partial charge in [0.1, 0.15) is 5.82 Å². The highest BCUT2D eigenvalue weighted by Gasteiger charge is 2.28. The van der Waals surface area contributed by atoms with E-state index in [-0.39, 0.29) is 0 Å². The van der Waals surface area contributed by atoms with Gasteiger partial charge in [0.2, 0.25) is 0 Å². The molecule has 4 heteroatoms. The summed E-state index contributed by atoms with van der Waals surface area (Å²) in [5.41, 5.74) is 1.01. The minimum Gasteiger partial charge on any atom is -0.358 e. The summed E-state index contributed by atoms with van der Waals surface area (Å²) < 4.78 is 0. The van der Waals surface area contributed by atoms with Gasteiger partial charge < -0.3 is 4.90 Å². The first-order valence-electron chi connectivity index (χ1n) is 5.29. The molecule has 1 heterocycles. The van der Waals surface area contributed by atoms with Crippen molar-refractivity contribution in [3.63, 3.8) is 0 Å². The second kappa shape index (κ2) is 4.47. The quantitative estimate of drug-likeness (QED) is 0.790. The SMILES string of the molecule is Cc1nccnc1N(C)CC1CC(Br)C1. The molecule has 15 heavy (non-hydrogen) atoms. The number of nitrogens with zero attached hydrogens (tertiary/aromatic N) is 3. The van der Waals surface area contributed by atoms with Crippen molar-refractivity contribution in [3.05, 3.63) is 18.1 Å². The smallest absolute Gasteiger partial charge is 0.149 e. The van der Waals surface area contributed by atoms with E-state index in [2.05, 4.69) is 37.8 Å². The van der Waals surface area contributed by atoms with Crippen LogP contribution in [-0.2, 0) is 0 Å². The first-order chi connectivity index (χ1) is 7.16. The summed E-state index contributed by atoms with van der Waals surface area (Å²) in [7, 11) is 2.10. The maximum absolute atomic E-state index is 4.36. The molecule has 0 saturated heterocycles. The van der Waals surface area contributed by atoms with E-state index in [0.717, 1.165) is 28.8 Å². The molecular weight excluding hydrogens is 254 g/mol. The second-order valence-corrected chi connectivity index (χ2v) is 5.58. The maximum Gasteiger partial charge on any atom is 0.149 e. The Morgan fingerprint density at radius 2 is 2.07 bits per heavy atom. The van der Waals surface area contributed by atoms with Crippen molar-refractivity contribution in [2.24, 2.45) is 5.92 Å². The molecule has 0 radical (unpaired) electrons. The molecule has 0 amide bonds. The first kappa shape index (κ1) is 10.9. The third-order valence-corrected chi connectivity index (χ3v) is 3.67. The Morgan fingerprint density at radius 1 is 1.40 bits per heavy atom. The van der Waals surface area contributed by atoms with Crippen LogP contribution in [0.4, 0.5) is 5.82 Å². The summed E-state index contributed by atoms with van der Waals surface area (Å²) in [4.78, 5) is 11.6. The molecule has 82 valence electrons. The molecule has 3 nitrogen and oxygen atoms in total. The van der Waals surface area contributed by atoms with Crippen molar-refractivity contribution in [2.75, 3.05) is 18.5 Å². The number of rotatable bonds is 3. The molecule has 0 aliphatic heterocycles. The van der Waals surface area contributed by atoms with Crippen molar-refractivity contribution in [1.82, 2.24) is 9.97 Å². The lowest BCUT2D eigenvalue weighted by Gasteiger charge is -2.34. The third kappa shape index (κ3) is 2.48. The lowest BCUT2D eigenvalue weighted by Crippen LogP contribution is -2.35. The minimum absolute atomic E-state index is 0.735. The Bertz CT molecular complexity index is 336. The van der Waals surface area contributed by atoms with Crippen LogP contribution >= 0.6 is 15.9 Å². The molecule has 0 bridgehead atoms. The van der Waals surface area contributed by atoms with E-state index in [9.17, 15) is 0 Å². The van der Waals surface area contributed by atoms with Gasteiger partial charge in [0.25, 0.3) is 0 Å². The molecule has 0 N–H and O–H groups in total. The van der Waals surface area contributed by atoms with Gasteiger partial charge >= 0.3 is 0 Å². The zero-order valence-corrected chi connectivity index (χ0v) is 10.7. The first-order valence-corrected chi connectivity index (χ1v) is 6.21. The van der Waals surface area contributed by atoms with Crippen LogP contribution in [0.25, 0.3) is 0 Å². The highest BCUT2D eigenvalue weighted by Crippen LogP contribution is 2.34. The van der Waals surface area contributed by atoms with Gasteiger partial charge in [-0.05, 0) is 25.7 Å². The highest BCUT2D eigenvalue weighted by atomic mass is 79.9. The summed E-state index contributed by atoms with van der Waals surface area (Å²) in [5.74, 6) is 1.82. The standard InChI is InChI=1S/C11H16BrN3/c1-8-11(14-4-3-13-8)15(2)7-9-5-10(12)6-9/h3-4,9-10H,5-7H2,1-2H3. The summed E-state index contributed by atoms with van der Waals surface area (Å²) in [6, 6.07) is 0. The highest BCUT2D eigenvalue weighted by molar-refractivity contribution is 9.09. The van der Waals surface area contributed by atoms with E-state index in [0.29, 0.717) is 0 Å². The van der Waals surface area contributed by atoms with Gasteiger partial charge in [-0.1, -0.05) is 15.9 Å². The largest absolute Gasteiger partial charge is 0.358 e. The van der Waals surface area contributed by atoms with Crippen LogP contribution in [0.15, 0.2) is 12.4 Å². The topological polar surface area (TPSA) is 29.0 Å². The number of halogens is 1. The van der Waals surface area contributed by atoms with Gasteiger partial charge in [0.15, 0.2) is 0 Å². The summed E-state index contributed by atoms with van der Waals surface area (Å²) in [6.45, 7) is 3.09. The van der Waals surface area contributed by atoms with Gasteiger partial charge in [-0.25, -0.2) is 4.98 Å². The summed E-state index contributed by atoms with van der Waals surface area (Å²) >= 11 is 3.61. The molecule has 0 aromatic carbocycles. The number of aryl methyl sites for hydroxylation is 1. The fourth-order valence-electron chi connectivity index (χ4n) is 2.05. The summed E-state index contributed by atoms with van der Waals surface area (Å²) in [6.07, 6.45) is 6.06. The van der Waals surface area contributed by atoms with Gasteiger partial charge in [-0.2, -0.15) is 0 Å². The number of aromatic nitrogens is 2. The van der Waals surface area contributed by atoms with E-state index in [1.807, 2.05) is 6.92 Å². The Hall–Kier alpha value is -0.640. The zero-order valence-electron chi connectivity index (χ0n) is 9.15. The van der Waals surface area contributed by atoms with E-state index in [1.165, 1.54) is 12.8 Å². The maximum atomic E-state index is 4.36. The van der Waals surface area contributed by atoms with Crippen LogP contribution in [0, 0.1) is 12.8 Å². The molecule has 1 aliphatic rings. The number of alkyl halides is 1. The molecule has 2 rings (SSSR count). The third-order valence-electron chi connectivity index (χ3n) is 2.93. The summed E-state index contributed by atoms with van der Waals surface area (Å²) in [5, 5.41) is 0. The predicted octanol–water partition coefficient (Wildman–Crippen LogP) is 2.39. The molecule has 0 unspecified atom stereocenters. The molecule has 1 aromatic rings. The molecule has 1 saturated carbocycles. The van der Waals surface area contributed by atoms with Crippen LogP contribution in [0.3, 0.4) is 0 Å². The van der Waals surface area contributed by atoms with Crippen molar-refractivity contribution >= 4 is 21.7 Å². The normalized spacial score (nSPS) is 24.7. The van der Waals surface area contributed by atoms with Gasteiger partial charge in [0.05, 0.1) is 5.69 Å². The lowest BCUT2D eigenvalue weighted by atomic mass is 9.85. The van der Waals surface area contributed by atoms with Crippen molar-refractivity contribution in [2.45, 2.75) is 24.6 Å². The van der Waals surface area contributed by atoms with Crippen LogP contribution in [0.2, 0.25) is 0 Å². The van der Waals surface area contributed by atoms with Crippen LogP contribution in [0.5, 0.6) is 0 Å². The monoisotopic (exact) mass is 269 g/mol. The Morgan fingerprint density at radius 3 is 2.67 bits per heavy atom. The van der Waals surface area contributed by atoms with Gasteiger partial charge in [0, 0.05) is 30.8 Å². The molecule has 1 aliphatic carbocycles. The van der Waals surface area contributed by atoms with Gasteiger partial charge in [-0.15, -0.1) is 0 Å². The van der Waals surface area contributed by atoms with Crippen LogP contribution in [-0.4, -0.2) is 28.4 Å². The molecular formula is C11H16BrN3. The fourth-order valence-corrected chi connectivity index (χ4v) is 3.11. The number of anilines is 1. The molecule has 0 atom stereocenters. The van der Waals surface area contributed by atoms with E-state index in [1.54, 1.807) is 12.4 Å². The zero-order chi connectivity index (χ0) is 10.8. The van der Waals surface area contributed by atoms with Crippen molar-refractivity contribution in [3.8, 4) is 0 Å².